The Morgan fingerprint density at radius 3 is 2.38 bits per heavy atom. The van der Waals surface area contributed by atoms with Crippen LogP contribution in [0.2, 0.25) is 0 Å². The number of carbonyl (C=O) groups excluding carboxylic acids is 1. The molecule has 0 bridgehead atoms. The van der Waals surface area contributed by atoms with Crippen LogP contribution in [0.1, 0.15) is 28.4 Å². The van der Waals surface area contributed by atoms with E-state index in [4.69, 9.17) is 0 Å². The highest BCUT2D eigenvalue weighted by atomic mass is 19.4. The number of benzene rings is 3. The van der Waals surface area contributed by atoms with E-state index in [1.165, 1.54) is 17.8 Å². The Labute approximate surface area is 258 Å². The summed E-state index contributed by atoms with van der Waals surface area (Å²) in [5.74, 6) is -0.183. The molecular formula is C34H32F3N7O. The largest absolute Gasteiger partial charge is 0.416 e. The minimum Gasteiger partial charge on any atom is -0.369 e. The number of aryl methyl sites for hydroxylation is 1. The number of rotatable bonds is 7. The van der Waals surface area contributed by atoms with E-state index in [-0.39, 0.29) is 5.56 Å². The van der Waals surface area contributed by atoms with Crippen LogP contribution in [0.25, 0.3) is 22.2 Å². The molecule has 1 aliphatic heterocycles. The molecule has 11 heteroatoms. The molecule has 3 heterocycles. The van der Waals surface area contributed by atoms with Gasteiger partial charge in [0.25, 0.3) is 5.91 Å². The fourth-order valence-corrected chi connectivity index (χ4v) is 5.36. The number of pyridine rings is 1. The lowest BCUT2D eigenvalue weighted by atomic mass is 10.0. The van der Waals surface area contributed by atoms with Gasteiger partial charge in [0, 0.05) is 66.0 Å². The van der Waals surface area contributed by atoms with Crippen molar-refractivity contribution in [2.24, 2.45) is 0 Å². The predicted molar refractivity (Wildman–Crippen MR) is 171 cm³/mol. The van der Waals surface area contributed by atoms with E-state index in [0.29, 0.717) is 22.8 Å². The highest BCUT2D eigenvalue weighted by Gasteiger charge is 2.31. The van der Waals surface area contributed by atoms with E-state index < -0.39 is 17.6 Å². The molecule has 5 aromatic rings. The van der Waals surface area contributed by atoms with E-state index >= 15 is 0 Å². The molecule has 6 rings (SSSR count). The van der Waals surface area contributed by atoms with Crippen LogP contribution < -0.4 is 15.5 Å². The van der Waals surface area contributed by atoms with Crippen molar-refractivity contribution >= 4 is 39.8 Å². The number of anilines is 4. The van der Waals surface area contributed by atoms with Gasteiger partial charge in [0.15, 0.2) is 0 Å². The second-order valence-electron chi connectivity index (χ2n) is 11.0. The topological polar surface area (TPSA) is 86.3 Å². The normalized spacial score (nSPS) is 14.0. The van der Waals surface area contributed by atoms with Gasteiger partial charge in [-0.2, -0.15) is 13.2 Å². The fraction of sp³-hybridized carbons (Fsp3) is 0.235. The molecule has 1 saturated heterocycles. The monoisotopic (exact) mass is 611 g/mol. The van der Waals surface area contributed by atoms with Crippen LogP contribution in [0.15, 0.2) is 85.2 Å². The maximum absolute atomic E-state index is 13.1. The van der Waals surface area contributed by atoms with E-state index in [1.807, 2.05) is 31.2 Å². The summed E-state index contributed by atoms with van der Waals surface area (Å²) in [5.41, 5.74) is 4.53. The number of likely N-dealkylation sites (N-methyl/N-ethyl adjacent to an activating group) is 1. The van der Waals surface area contributed by atoms with Gasteiger partial charge in [-0.1, -0.05) is 19.1 Å². The number of halogens is 3. The third-order valence-electron chi connectivity index (χ3n) is 8.00. The number of fused-ring (bicyclic) bond motifs is 1. The van der Waals surface area contributed by atoms with E-state index in [1.54, 1.807) is 24.5 Å². The van der Waals surface area contributed by atoms with E-state index in [2.05, 4.69) is 54.4 Å². The summed E-state index contributed by atoms with van der Waals surface area (Å²) in [5, 5.41) is 6.75. The molecule has 1 amide bonds. The van der Waals surface area contributed by atoms with Crippen molar-refractivity contribution in [1.29, 1.82) is 0 Å². The van der Waals surface area contributed by atoms with Gasteiger partial charge in [-0.15, -0.1) is 0 Å². The van der Waals surface area contributed by atoms with Crippen molar-refractivity contribution in [3.8, 4) is 11.3 Å². The van der Waals surface area contributed by atoms with Crippen LogP contribution >= 0.6 is 0 Å². The zero-order chi connectivity index (χ0) is 31.6. The van der Waals surface area contributed by atoms with Crippen LogP contribution in [0.3, 0.4) is 0 Å². The molecule has 0 unspecified atom stereocenters. The van der Waals surface area contributed by atoms with Gasteiger partial charge in [0.1, 0.15) is 0 Å². The summed E-state index contributed by atoms with van der Waals surface area (Å²) < 4.78 is 39.3. The van der Waals surface area contributed by atoms with Crippen molar-refractivity contribution in [2.75, 3.05) is 48.3 Å². The highest BCUT2D eigenvalue weighted by Crippen LogP contribution is 2.31. The summed E-state index contributed by atoms with van der Waals surface area (Å²) in [6, 6.07) is 19.7. The Morgan fingerprint density at radius 1 is 0.889 bits per heavy atom. The van der Waals surface area contributed by atoms with Crippen LogP contribution in [0.5, 0.6) is 0 Å². The van der Waals surface area contributed by atoms with Gasteiger partial charge in [0.2, 0.25) is 5.95 Å². The third-order valence-corrected chi connectivity index (χ3v) is 8.00. The van der Waals surface area contributed by atoms with Gasteiger partial charge >= 0.3 is 6.18 Å². The molecule has 0 spiro atoms. The van der Waals surface area contributed by atoms with E-state index in [9.17, 15) is 18.0 Å². The van der Waals surface area contributed by atoms with Crippen molar-refractivity contribution in [1.82, 2.24) is 19.9 Å². The first kappa shape index (κ1) is 30.0. The second kappa shape index (κ2) is 12.5. The van der Waals surface area contributed by atoms with Gasteiger partial charge in [-0.05, 0) is 79.7 Å². The van der Waals surface area contributed by atoms with Crippen molar-refractivity contribution in [2.45, 2.75) is 20.0 Å². The Bertz CT molecular complexity index is 1830. The molecule has 2 aromatic heterocycles. The maximum atomic E-state index is 13.1. The molecule has 45 heavy (non-hydrogen) atoms. The lowest BCUT2D eigenvalue weighted by molar-refractivity contribution is -0.137. The molecule has 230 valence electrons. The first-order valence-corrected chi connectivity index (χ1v) is 14.7. The average molecular weight is 612 g/mol. The van der Waals surface area contributed by atoms with Crippen LogP contribution in [0, 0.1) is 6.92 Å². The molecule has 0 saturated carbocycles. The number of hydrogen-bond donors (Lipinski definition) is 2. The summed E-state index contributed by atoms with van der Waals surface area (Å²) >= 11 is 0. The summed E-state index contributed by atoms with van der Waals surface area (Å²) in [4.78, 5) is 31.4. The number of alkyl halides is 3. The Hall–Kier alpha value is -5.03. The smallest absolute Gasteiger partial charge is 0.369 e. The lowest BCUT2D eigenvalue weighted by Crippen LogP contribution is -2.46. The fourth-order valence-electron chi connectivity index (χ4n) is 5.36. The number of nitrogens with one attached hydrogen (secondary N) is 2. The SMILES string of the molecule is CCN1CCN(c2ccc(Nc3ncc4cc(-c5cc(NC(=O)c6cccc(C(F)(F)F)c6)ccc5C)ncc4n3)cc2)CC1. The summed E-state index contributed by atoms with van der Waals surface area (Å²) in [6.45, 7) is 9.37. The number of piperazine rings is 1. The molecule has 0 aliphatic carbocycles. The van der Waals surface area contributed by atoms with Gasteiger partial charge in [0.05, 0.1) is 23.0 Å². The number of nitrogens with zero attached hydrogens (tertiary/aromatic N) is 5. The minimum absolute atomic E-state index is 0.0845. The number of hydrogen-bond acceptors (Lipinski definition) is 7. The maximum Gasteiger partial charge on any atom is 0.416 e. The Kier molecular flexibility index (Phi) is 8.36. The molecule has 8 nitrogen and oxygen atoms in total. The molecule has 0 radical (unpaired) electrons. The zero-order valence-electron chi connectivity index (χ0n) is 24.9. The van der Waals surface area contributed by atoms with Crippen molar-refractivity contribution < 1.29 is 18.0 Å². The summed E-state index contributed by atoms with van der Waals surface area (Å²) in [7, 11) is 0. The number of amides is 1. The first-order valence-electron chi connectivity index (χ1n) is 14.7. The van der Waals surface area contributed by atoms with Crippen LogP contribution in [-0.4, -0.2) is 58.5 Å². The molecule has 2 N–H and O–H groups in total. The number of aromatic nitrogens is 3. The molecule has 0 atom stereocenters. The second-order valence-corrected chi connectivity index (χ2v) is 11.0. The average Bonchev–Trinajstić information content (AvgIpc) is 3.05. The lowest BCUT2D eigenvalue weighted by Gasteiger charge is -2.35. The Balaban J connectivity index is 1.15. The third kappa shape index (κ3) is 6.88. The summed E-state index contributed by atoms with van der Waals surface area (Å²) in [6.07, 6.45) is -1.14. The number of carbonyl (C=O) groups is 1. The van der Waals surface area contributed by atoms with Gasteiger partial charge in [-0.3, -0.25) is 9.78 Å². The molecule has 1 fully saturated rings. The minimum atomic E-state index is -4.54. The van der Waals surface area contributed by atoms with Crippen molar-refractivity contribution in [3.63, 3.8) is 0 Å². The highest BCUT2D eigenvalue weighted by molar-refractivity contribution is 6.04. The van der Waals surface area contributed by atoms with Gasteiger partial charge < -0.3 is 20.4 Å². The standard InChI is InChI=1S/C34H32F3N7O/c1-3-43-13-15-44(16-14-43)28-11-9-26(10-12-28)41-33-39-20-24-18-30(38-21-31(24)42-33)29-19-27(8-7-22(29)2)40-32(45)23-5-4-6-25(17-23)34(35,36)37/h4-12,17-21H,3,13-16H2,1-2H3,(H,40,45)(H,39,41,42). The zero-order valence-corrected chi connectivity index (χ0v) is 24.9. The quantitative estimate of drug-likeness (QED) is 0.202. The van der Waals surface area contributed by atoms with Gasteiger partial charge in [-0.25, -0.2) is 9.97 Å². The molecular weight excluding hydrogens is 579 g/mol. The molecule has 1 aliphatic rings. The van der Waals surface area contributed by atoms with Crippen LogP contribution in [0.4, 0.5) is 36.2 Å². The van der Waals surface area contributed by atoms with E-state index in [0.717, 1.165) is 67.1 Å². The predicted octanol–water partition coefficient (Wildman–Crippen LogP) is 7.16. The van der Waals surface area contributed by atoms with Crippen molar-refractivity contribution in [3.05, 3.63) is 102 Å². The van der Waals surface area contributed by atoms with Crippen LogP contribution in [-0.2, 0) is 6.18 Å². The Morgan fingerprint density at radius 2 is 1.64 bits per heavy atom. The first-order chi connectivity index (χ1) is 21.7. The molecule has 3 aromatic carbocycles.